The molecule has 1 amide bonds. The van der Waals surface area contributed by atoms with Crippen LogP contribution in [0.25, 0.3) is 0 Å². The van der Waals surface area contributed by atoms with Gasteiger partial charge in [0.15, 0.2) is 0 Å². The maximum absolute atomic E-state index is 11.9. The standard InChI is InChI=1S/C13H26N2O2/c1-4-15(11(2)3)13(16)7-10-17-12-5-8-14-9-6-12/h11-12,14H,4-10H2,1-3H3. The fraction of sp³-hybridized carbons (Fsp3) is 0.923. The normalized spacial score (nSPS) is 17.4. The Morgan fingerprint density at radius 3 is 2.59 bits per heavy atom. The predicted molar refractivity (Wildman–Crippen MR) is 69.0 cm³/mol. The number of carbonyl (C=O) groups excluding carboxylic acids is 1. The van der Waals surface area contributed by atoms with Crippen LogP contribution in [0.5, 0.6) is 0 Å². The molecule has 1 heterocycles. The van der Waals surface area contributed by atoms with Gasteiger partial charge in [-0.1, -0.05) is 0 Å². The molecule has 0 aromatic rings. The van der Waals surface area contributed by atoms with Crippen LogP contribution in [0.2, 0.25) is 0 Å². The Hall–Kier alpha value is -0.610. The van der Waals surface area contributed by atoms with Crippen LogP contribution in [-0.4, -0.2) is 49.2 Å². The van der Waals surface area contributed by atoms with Gasteiger partial charge in [0.1, 0.15) is 0 Å². The molecule has 1 rings (SSSR count). The summed E-state index contributed by atoms with van der Waals surface area (Å²) in [6, 6.07) is 0.284. The van der Waals surface area contributed by atoms with Crippen LogP contribution in [0.4, 0.5) is 0 Å². The molecule has 0 spiro atoms. The van der Waals surface area contributed by atoms with Crippen LogP contribution in [-0.2, 0) is 9.53 Å². The van der Waals surface area contributed by atoms with Gasteiger partial charge in [0.2, 0.25) is 5.91 Å². The average molecular weight is 242 g/mol. The van der Waals surface area contributed by atoms with Crippen molar-refractivity contribution >= 4 is 5.91 Å². The molecule has 0 bridgehead atoms. The largest absolute Gasteiger partial charge is 0.378 e. The predicted octanol–water partition coefficient (Wildman–Crippen LogP) is 1.40. The van der Waals surface area contributed by atoms with Gasteiger partial charge in [0.05, 0.1) is 19.1 Å². The van der Waals surface area contributed by atoms with E-state index in [9.17, 15) is 4.79 Å². The first kappa shape index (κ1) is 14.5. The van der Waals surface area contributed by atoms with E-state index in [1.54, 1.807) is 0 Å². The summed E-state index contributed by atoms with van der Waals surface area (Å²) >= 11 is 0. The summed E-state index contributed by atoms with van der Waals surface area (Å²) in [5, 5.41) is 3.30. The highest BCUT2D eigenvalue weighted by molar-refractivity contribution is 5.76. The highest BCUT2D eigenvalue weighted by atomic mass is 16.5. The molecule has 1 saturated heterocycles. The van der Waals surface area contributed by atoms with Crippen molar-refractivity contribution in [2.75, 3.05) is 26.2 Å². The van der Waals surface area contributed by atoms with E-state index in [0.717, 1.165) is 32.5 Å². The lowest BCUT2D eigenvalue weighted by atomic mass is 10.1. The second-order valence-electron chi connectivity index (χ2n) is 4.84. The van der Waals surface area contributed by atoms with E-state index in [4.69, 9.17) is 4.74 Å². The Bertz CT molecular complexity index is 225. The first-order chi connectivity index (χ1) is 8.15. The van der Waals surface area contributed by atoms with Gasteiger partial charge in [-0.3, -0.25) is 4.79 Å². The van der Waals surface area contributed by atoms with Crippen molar-refractivity contribution in [3.63, 3.8) is 0 Å². The first-order valence-corrected chi connectivity index (χ1v) is 6.77. The number of hydrogen-bond acceptors (Lipinski definition) is 3. The molecular weight excluding hydrogens is 216 g/mol. The number of carbonyl (C=O) groups is 1. The number of piperidine rings is 1. The van der Waals surface area contributed by atoms with Gasteiger partial charge in [-0.25, -0.2) is 0 Å². The van der Waals surface area contributed by atoms with E-state index in [0.29, 0.717) is 19.1 Å². The van der Waals surface area contributed by atoms with Gasteiger partial charge in [0.25, 0.3) is 0 Å². The smallest absolute Gasteiger partial charge is 0.225 e. The average Bonchev–Trinajstić information content (AvgIpc) is 2.30. The molecule has 17 heavy (non-hydrogen) atoms. The minimum atomic E-state index is 0.205. The second-order valence-corrected chi connectivity index (χ2v) is 4.84. The molecule has 0 radical (unpaired) electrons. The van der Waals surface area contributed by atoms with Crippen molar-refractivity contribution in [1.29, 1.82) is 0 Å². The molecule has 1 aliphatic rings. The summed E-state index contributed by atoms with van der Waals surface area (Å²) in [6.45, 7) is 9.53. The van der Waals surface area contributed by atoms with E-state index >= 15 is 0 Å². The molecule has 4 heteroatoms. The molecule has 1 fully saturated rings. The Kier molecular flexibility index (Phi) is 6.52. The molecule has 0 unspecified atom stereocenters. The van der Waals surface area contributed by atoms with Crippen molar-refractivity contribution in [3.8, 4) is 0 Å². The van der Waals surface area contributed by atoms with Crippen LogP contribution in [0.15, 0.2) is 0 Å². The van der Waals surface area contributed by atoms with Crippen LogP contribution in [0.1, 0.15) is 40.0 Å². The first-order valence-electron chi connectivity index (χ1n) is 6.77. The van der Waals surface area contributed by atoms with Crippen molar-refractivity contribution in [3.05, 3.63) is 0 Å². The maximum atomic E-state index is 11.9. The Morgan fingerprint density at radius 1 is 1.41 bits per heavy atom. The number of amides is 1. The van der Waals surface area contributed by atoms with E-state index in [1.165, 1.54) is 0 Å². The van der Waals surface area contributed by atoms with Gasteiger partial charge < -0.3 is 15.0 Å². The summed E-state index contributed by atoms with van der Waals surface area (Å²) in [6.07, 6.45) is 2.99. The Balaban J connectivity index is 2.18. The van der Waals surface area contributed by atoms with E-state index in [2.05, 4.69) is 19.2 Å². The molecule has 1 aliphatic heterocycles. The van der Waals surface area contributed by atoms with Crippen molar-refractivity contribution in [2.24, 2.45) is 0 Å². The molecule has 4 nitrogen and oxygen atoms in total. The number of rotatable bonds is 6. The highest BCUT2D eigenvalue weighted by Gasteiger charge is 2.17. The van der Waals surface area contributed by atoms with Crippen molar-refractivity contribution < 1.29 is 9.53 Å². The zero-order valence-electron chi connectivity index (χ0n) is 11.4. The topological polar surface area (TPSA) is 41.6 Å². The summed E-state index contributed by atoms with van der Waals surface area (Å²) in [5.41, 5.74) is 0. The summed E-state index contributed by atoms with van der Waals surface area (Å²) in [4.78, 5) is 13.8. The molecular formula is C13H26N2O2. The molecule has 1 N–H and O–H groups in total. The van der Waals surface area contributed by atoms with E-state index in [-0.39, 0.29) is 11.9 Å². The molecule has 0 atom stereocenters. The van der Waals surface area contributed by atoms with Gasteiger partial charge in [0, 0.05) is 12.6 Å². The molecule has 0 aliphatic carbocycles. The second kappa shape index (κ2) is 7.67. The minimum Gasteiger partial charge on any atom is -0.378 e. The number of nitrogens with zero attached hydrogens (tertiary/aromatic N) is 1. The Labute approximate surface area is 105 Å². The molecule has 0 aromatic carbocycles. The lowest BCUT2D eigenvalue weighted by Crippen LogP contribution is -2.38. The lowest BCUT2D eigenvalue weighted by molar-refractivity contribution is -0.134. The van der Waals surface area contributed by atoms with E-state index < -0.39 is 0 Å². The van der Waals surface area contributed by atoms with Gasteiger partial charge in [-0.15, -0.1) is 0 Å². The SMILES string of the molecule is CCN(C(=O)CCOC1CCNCC1)C(C)C. The van der Waals surface area contributed by atoms with Crippen molar-refractivity contribution in [2.45, 2.75) is 52.2 Å². The zero-order valence-corrected chi connectivity index (χ0v) is 11.4. The summed E-state index contributed by atoms with van der Waals surface area (Å²) in [5.74, 6) is 0.205. The minimum absolute atomic E-state index is 0.205. The zero-order chi connectivity index (χ0) is 12.7. The third kappa shape index (κ3) is 5.04. The fourth-order valence-corrected chi connectivity index (χ4v) is 2.25. The van der Waals surface area contributed by atoms with Gasteiger partial charge >= 0.3 is 0 Å². The third-order valence-corrected chi connectivity index (χ3v) is 3.24. The van der Waals surface area contributed by atoms with Crippen LogP contribution >= 0.6 is 0 Å². The summed E-state index contributed by atoms with van der Waals surface area (Å²) in [7, 11) is 0. The van der Waals surface area contributed by atoms with E-state index in [1.807, 2.05) is 11.8 Å². The van der Waals surface area contributed by atoms with Crippen LogP contribution in [0, 0.1) is 0 Å². The fourth-order valence-electron chi connectivity index (χ4n) is 2.25. The van der Waals surface area contributed by atoms with Crippen LogP contribution in [0.3, 0.4) is 0 Å². The number of nitrogens with one attached hydrogen (secondary N) is 1. The highest BCUT2D eigenvalue weighted by Crippen LogP contribution is 2.08. The molecule has 0 aromatic heterocycles. The quantitative estimate of drug-likeness (QED) is 0.765. The van der Waals surface area contributed by atoms with Crippen molar-refractivity contribution in [1.82, 2.24) is 10.2 Å². The number of ether oxygens (including phenoxy) is 1. The molecule has 100 valence electrons. The molecule has 0 saturated carbocycles. The maximum Gasteiger partial charge on any atom is 0.225 e. The van der Waals surface area contributed by atoms with Gasteiger partial charge in [-0.05, 0) is 46.7 Å². The lowest BCUT2D eigenvalue weighted by Gasteiger charge is -2.26. The Morgan fingerprint density at radius 2 is 2.06 bits per heavy atom. The van der Waals surface area contributed by atoms with Crippen LogP contribution < -0.4 is 5.32 Å². The monoisotopic (exact) mass is 242 g/mol. The number of hydrogen-bond donors (Lipinski definition) is 1. The summed E-state index contributed by atoms with van der Waals surface area (Å²) < 4.78 is 5.74. The third-order valence-electron chi connectivity index (χ3n) is 3.24. The van der Waals surface area contributed by atoms with Gasteiger partial charge in [-0.2, -0.15) is 0 Å².